The number of nitrogen functional groups attached to an aromatic ring is 1. The summed E-state index contributed by atoms with van der Waals surface area (Å²) < 4.78 is 0. The predicted molar refractivity (Wildman–Crippen MR) is 73.3 cm³/mol. The molecule has 7 nitrogen and oxygen atoms in total. The number of pyridine rings is 1. The van der Waals surface area contributed by atoms with Gasteiger partial charge in [-0.3, -0.25) is 4.79 Å². The van der Waals surface area contributed by atoms with Crippen LogP contribution in [0, 0.1) is 22.7 Å². The fourth-order valence-corrected chi connectivity index (χ4v) is 1.91. The number of hydrogen-bond acceptors (Lipinski definition) is 5. The summed E-state index contributed by atoms with van der Waals surface area (Å²) in [6.45, 7) is 0. The molecule has 1 aromatic carbocycles. The maximum absolute atomic E-state index is 11.7. The third kappa shape index (κ3) is 2.31. The van der Waals surface area contributed by atoms with Gasteiger partial charge < -0.3 is 15.8 Å². The van der Waals surface area contributed by atoms with Gasteiger partial charge in [-0.25, -0.2) is 4.79 Å². The van der Waals surface area contributed by atoms with Crippen molar-refractivity contribution in [2.45, 2.75) is 0 Å². The van der Waals surface area contributed by atoms with Crippen molar-refractivity contribution in [3.8, 4) is 23.3 Å². The summed E-state index contributed by atoms with van der Waals surface area (Å²) in [6.07, 6.45) is 0. The van der Waals surface area contributed by atoms with Crippen molar-refractivity contribution in [1.29, 1.82) is 10.5 Å². The molecular formula is C14H8N4O3. The van der Waals surface area contributed by atoms with E-state index in [9.17, 15) is 9.59 Å². The fourth-order valence-electron chi connectivity index (χ4n) is 1.91. The van der Waals surface area contributed by atoms with Gasteiger partial charge in [0, 0.05) is 5.56 Å². The number of carbonyl (C=O) groups is 1. The van der Waals surface area contributed by atoms with Gasteiger partial charge in [-0.15, -0.1) is 0 Å². The molecule has 4 N–H and O–H groups in total. The van der Waals surface area contributed by atoms with Gasteiger partial charge in [-0.1, -0.05) is 12.1 Å². The Balaban J connectivity index is 2.80. The van der Waals surface area contributed by atoms with Crippen LogP contribution in [0.5, 0.6) is 0 Å². The van der Waals surface area contributed by atoms with Gasteiger partial charge in [0.05, 0.1) is 5.56 Å². The molecule has 0 radical (unpaired) electrons. The van der Waals surface area contributed by atoms with E-state index < -0.39 is 11.5 Å². The molecule has 0 aliphatic carbocycles. The highest BCUT2D eigenvalue weighted by atomic mass is 16.4. The standard InChI is InChI=1S/C14H8N4O3/c15-5-9-11(10(6-16)13(19)18-12(9)17)7-1-3-8(4-2-7)14(20)21/h1-4H,(H,20,21)(H3,17,18,19). The molecule has 2 rings (SSSR count). The molecule has 0 bridgehead atoms. The molecule has 0 saturated heterocycles. The molecule has 102 valence electrons. The molecule has 2 aromatic rings. The van der Waals surface area contributed by atoms with Crippen LogP contribution < -0.4 is 11.3 Å². The third-order valence-corrected chi connectivity index (χ3v) is 2.89. The highest BCUT2D eigenvalue weighted by Gasteiger charge is 2.18. The monoisotopic (exact) mass is 280 g/mol. The van der Waals surface area contributed by atoms with Crippen LogP contribution in [0.15, 0.2) is 29.1 Å². The van der Waals surface area contributed by atoms with E-state index in [-0.39, 0.29) is 28.1 Å². The van der Waals surface area contributed by atoms with E-state index in [4.69, 9.17) is 21.4 Å². The predicted octanol–water partition coefficient (Wildman–Crippen LogP) is 1.07. The zero-order valence-corrected chi connectivity index (χ0v) is 10.5. The van der Waals surface area contributed by atoms with E-state index in [1.54, 1.807) is 6.07 Å². The Labute approximate surface area is 118 Å². The minimum atomic E-state index is -1.10. The molecule has 0 atom stereocenters. The quantitative estimate of drug-likeness (QED) is 0.750. The smallest absolute Gasteiger partial charge is 0.335 e. The normalized spacial score (nSPS) is 9.62. The van der Waals surface area contributed by atoms with E-state index >= 15 is 0 Å². The molecule has 7 heteroatoms. The summed E-state index contributed by atoms with van der Waals surface area (Å²) in [6, 6.07) is 9.04. The van der Waals surface area contributed by atoms with Crippen LogP contribution in [0.4, 0.5) is 5.82 Å². The van der Waals surface area contributed by atoms with Crippen molar-refractivity contribution in [2.24, 2.45) is 0 Å². The maximum atomic E-state index is 11.7. The van der Waals surface area contributed by atoms with Crippen LogP contribution >= 0.6 is 0 Å². The summed E-state index contributed by atoms with van der Waals surface area (Å²) in [7, 11) is 0. The van der Waals surface area contributed by atoms with Gasteiger partial charge in [0.1, 0.15) is 29.1 Å². The first kappa shape index (κ1) is 13.8. The molecule has 0 fully saturated rings. The Bertz CT molecular complexity index is 867. The maximum Gasteiger partial charge on any atom is 0.335 e. The Hall–Kier alpha value is -3.58. The average Bonchev–Trinajstić information content (AvgIpc) is 2.46. The van der Waals surface area contributed by atoms with Crippen molar-refractivity contribution in [3.05, 3.63) is 51.3 Å². The number of hydrogen-bond donors (Lipinski definition) is 3. The van der Waals surface area contributed by atoms with Crippen molar-refractivity contribution in [2.75, 3.05) is 5.73 Å². The van der Waals surface area contributed by atoms with Crippen LogP contribution in [-0.2, 0) is 0 Å². The molecule has 21 heavy (non-hydrogen) atoms. The molecule has 0 aliphatic heterocycles. The second-order valence-electron chi connectivity index (χ2n) is 4.10. The Morgan fingerprint density at radius 1 is 1.14 bits per heavy atom. The first-order valence-electron chi connectivity index (χ1n) is 5.69. The van der Waals surface area contributed by atoms with Crippen LogP contribution in [0.2, 0.25) is 0 Å². The van der Waals surface area contributed by atoms with Crippen LogP contribution in [0.1, 0.15) is 21.5 Å². The number of carboxylic acids is 1. The number of aromatic nitrogens is 1. The average molecular weight is 280 g/mol. The summed E-state index contributed by atoms with van der Waals surface area (Å²) in [4.78, 5) is 24.8. The van der Waals surface area contributed by atoms with Crippen molar-refractivity contribution in [1.82, 2.24) is 4.98 Å². The summed E-state index contributed by atoms with van der Waals surface area (Å²) in [5.41, 5.74) is 5.12. The van der Waals surface area contributed by atoms with Gasteiger partial charge in [0.15, 0.2) is 0 Å². The highest BCUT2D eigenvalue weighted by Crippen LogP contribution is 2.28. The lowest BCUT2D eigenvalue weighted by atomic mass is 9.96. The summed E-state index contributed by atoms with van der Waals surface area (Å²) in [5, 5.41) is 27.1. The second kappa shape index (κ2) is 5.19. The van der Waals surface area contributed by atoms with E-state index in [1.165, 1.54) is 24.3 Å². The van der Waals surface area contributed by atoms with Crippen molar-refractivity contribution < 1.29 is 9.90 Å². The number of nitrogens with one attached hydrogen (secondary N) is 1. The first-order valence-corrected chi connectivity index (χ1v) is 5.69. The van der Waals surface area contributed by atoms with Crippen molar-refractivity contribution >= 4 is 11.8 Å². The largest absolute Gasteiger partial charge is 0.478 e. The minimum Gasteiger partial charge on any atom is -0.478 e. The van der Waals surface area contributed by atoms with E-state index in [1.807, 2.05) is 6.07 Å². The number of nitrogens with zero attached hydrogens (tertiary/aromatic N) is 2. The van der Waals surface area contributed by atoms with E-state index in [0.717, 1.165) is 0 Å². The Morgan fingerprint density at radius 3 is 2.19 bits per heavy atom. The van der Waals surface area contributed by atoms with E-state index in [2.05, 4.69) is 4.98 Å². The summed E-state index contributed by atoms with van der Waals surface area (Å²) in [5.74, 6) is -1.24. The number of nitriles is 2. The topological polar surface area (TPSA) is 144 Å². The van der Waals surface area contributed by atoms with Crippen LogP contribution in [0.25, 0.3) is 11.1 Å². The summed E-state index contributed by atoms with van der Waals surface area (Å²) >= 11 is 0. The highest BCUT2D eigenvalue weighted by molar-refractivity contribution is 5.89. The van der Waals surface area contributed by atoms with Gasteiger partial charge in [0.25, 0.3) is 5.56 Å². The number of aromatic amines is 1. The first-order chi connectivity index (χ1) is 9.99. The third-order valence-electron chi connectivity index (χ3n) is 2.89. The Morgan fingerprint density at radius 2 is 1.71 bits per heavy atom. The molecule has 0 amide bonds. The number of anilines is 1. The van der Waals surface area contributed by atoms with Gasteiger partial charge >= 0.3 is 5.97 Å². The minimum absolute atomic E-state index is 0.0331. The lowest BCUT2D eigenvalue weighted by molar-refractivity contribution is 0.0697. The molecule has 0 aliphatic rings. The second-order valence-corrected chi connectivity index (χ2v) is 4.10. The van der Waals surface area contributed by atoms with Crippen LogP contribution in [-0.4, -0.2) is 16.1 Å². The van der Waals surface area contributed by atoms with Gasteiger partial charge in [-0.2, -0.15) is 10.5 Å². The number of carboxylic acid groups (broad SMARTS) is 1. The zero-order chi connectivity index (χ0) is 15.6. The van der Waals surface area contributed by atoms with Gasteiger partial charge in [-0.05, 0) is 17.7 Å². The molecular weight excluding hydrogens is 272 g/mol. The zero-order valence-electron chi connectivity index (χ0n) is 10.5. The van der Waals surface area contributed by atoms with Crippen molar-refractivity contribution in [3.63, 3.8) is 0 Å². The molecule has 0 unspecified atom stereocenters. The number of H-pyrrole nitrogens is 1. The number of rotatable bonds is 2. The lowest BCUT2D eigenvalue weighted by Crippen LogP contribution is -2.16. The van der Waals surface area contributed by atoms with Gasteiger partial charge in [0.2, 0.25) is 0 Å². The molecule has 0 spiro atoms. The van der Waals surface area contributed by atoms with Crippen LogP contribution in [0.3, 0.4) is 0 Å². The lowest BCUT2D eigenvalue weighted by Gasteiger charge is -2.08. The molecule has 1 aromatic heterocycles. The SMILES string of the molecule is N#Cc1c(N)[nH]c(=O)c(C#N)c1-c1ccc(C(=O)O)cc1. The molecule has 1 heterocycles. The number of nitrogens with two attached hydrogens (primary N) is 1. The number of benzene rings is 1. The van der Waals surface area contributed by atoms with E-state index in [0.29, 0.717) is 5.56 Å². The molecule has 0 saturated carbocycles. The number of aromatic carboxylic acids is 1. The fraction of sp³-hybridized carbons (Fsp3) is 0. The Kier molecular flexibility index (Phi) is 3.42.